The number of hydrogen-bond acceptors (Lipinski definition) is 3. The lowest BCUT2D eigenvalue weighted by Crippen LogP contribution is -2.10. The van der Waals surface area contributed by atoms with Gasteiger partial charge in [0.2, 0.25) is 5.28 Å². The Morgan fingerprint density at radius 1 is 1.10 bits per heavy atom. The molecule has 0 fully saturated rings. The number of halogens is 4. The van der Waals surface area contributed by atoms with E-state index in [-0.39, 0.29) is 11.2 Å². The molecule has 0 radical (unpaired) electrons. The van der Waals surface area contributed by atoms with Gasteiger partial charge in [-0.25, -0.2) is 9.97 Å². The highest BCUT2D eigenvalue weighted by Gasteiger charge is 2.37. The summed E-state index contributed by atoms with van der Waals surface area (Å²) in [7, 11) is 0. The number of fused-ring (bicyclic) bond motifs is 1. The summed E-state index contributed by atoms with van der Waals surface area (Å²) in [5.74, 6) is 0. The maximum absolute atomic E-state index is 12.9. The van der Waals surface area contributed by atoms with Crippen LogP contribution in [0.1, 0.15) is 11.3 Å². The minimum atomic E-state index is -4.63. The van der Waals surface area contributed by atoms with Crippen LogP contribution in [0.15, 0.2) is 36.7 Å². The Bertz CT molecular complexity index is 783. The minimum Gasteiger partial charge on any atom is -0.311 e. The van der Waals surface area contributed by atoms with Crippen LogP contribution in [0.4, 0.5) is 13.2 Å². The molecule has 0 aliphatic heterocycles. The van der Waals surface area contributed by atoms with Crippen molar-refractivity contribution in [3.8, 4) is 0 Å². The smallest absolute Gasteiger partial charge is 0.311 e. The molecule has 0 amide bonds. The van der Waals surface area contributed by atoms with Crippen molar-refractivity contribution in [1.29, 1.82) is 0 Å². The largest absolute Gasteiger partial charge is 0.435 e. The minimum absolute atomic E-state index is 0.0613. The summed E-state index contributed by atoms with van der Waals surface area (Å²) in [5, 5.41) is -0.454. The molecule has 0 atom stereocenters. The van der Waals surface area contributed by atoms with E-state index in [1.807, 2.05) is 30.3 Å². The van der Waals surface area contributed by atoms with Crippen molar-refractivity contribution in [2.24, 2.45) is 0 Å². The van der Waals surface area contributed by atoms with Gasteiger partial charge in [0, 0.05) is 0 Å². The summed E-state index contributed by atoms with van der Waals surface area (Å²) in [4.78, 5) is 10.9. The van der Waals surface area contributed by atoms with Crippen molar-refractivity contribution in [1.82, 2.24) is 19.5 Å². The topological polar surface area (TPSA) is 43.6 Å². The van der Waals surface area contributed by atoms with Gasteiger partial charge >= 0.3 is 6.18 Å². The zero-order valence-corrected chi connectivity index (χ0v) is 11.2. The molecule has 0 saturated carbocycles. The number of imidazole rings is 1. The Kier molecular flexibility index (Phi) is 3.29. The van der Waals surface area contributed by atoms with Gasteiger partial charge in [0.05, 0.1) is 12.9 Å². The van der Waals surface area contributed by atoms with Crippen molar-refractivity contribution >= 4 is 22.8 Å². The first kappa shape index (κ1) is 13.8. The molecule has 1 aromatic carbocycles. The Labute approximate surface area is 122 Å². The van der Waals surface area contributed by atoms with Crippen LogP contribution in [0, 0.1) is 0 Å². The Balaban J connectivity index is 2.12. The average Bonchev–Trinajstić information content (AvgIpc) is 2.81. The van der Waals surface area contributed by atoms with Crippen LogP contribution in [0.2, 0.25) is 5.28 Å². The molecule has 108 valence electrons. The third-order valence-corrected chi connectivity index (χ3v) is 3.07. The zero-order chi connectivity index (χ0) is 15.0. The van der Waals surface area contributed by atoms with Crippen molar-refractivity contribution in [3.63, 3.8) is 0 Å². The van der Waals surface area contributed by atoms with E-state index in [0.717, 1.165) is 5.56 Å². The highest BCUT2D eigenvalue weighted by atomic mass is 35.5. The summed E-state index contributed by atoms with van der Waals surface area (Å²) < 4.78 is 40.3. The van der Waals surface area contributed by atoms with Crippen LogP contribution >= 0.6 is 11.6 Å². The molecule has 0 unspecified atom stereocenters. The van der Waals surface area contributed by atoms with E-state index >= 15 is 0 Å². The Morgan fingerprint density at radius 3 is 2.48 bits per heavy atom. The lowest BCUT2D eigenvalue weighted by Gasteiger charge is -2.07. The van der Waals surface area contributed by atoms with E-state index in [9.17, 15) is 13.2 Å². The van der Waals surface area contributed by atoms with E-state index in [1.54, 1.807) is 0 Å². The monoisotopic (exact) mass is 312 g/mol. The summed E-state index contributed by atoms with van der Waals surface area (Å²) in [6.45, 7) is 0.349. The first-order valence-electron chi connectivity index (χ1n) is 5.94. The molecule has 3 rings (SSSR count). The van der Waals surface area contributed by atoms with Crippen molar-refractivity contribution in [2.75, 3.05) is 0 Å². The second kappa shape index (κ2) is 5.00. The molecule has 0 aliphatic carbocycles. The van der Waals surface area contributed by atoms with Crippen LogP contribution in [0.3, 0.4) is 0 Å². The standard InChI is InChI=1S/C13H8ClF3N4/c14-12-19-10(13(15,16)17)9-11(20-12)21(7-18-9)6-8-4-2-1-3-5-8/h1-5,7H,6H2. The Morgan fingerprint density at radius 2 is 1.81 bits per heavy atom. The van der Waals surface area contributed by atoms with Gasteiger partial charge in [-0.05, 0) is 17.2 Å². The molecule has 0 bridgehead atoms. The van der Waals surface area contributed by atoms with Crippen LogP contribution in [-0.4, -0.2) is 19.5 Å². The molecule has 3 aromatic rings. The van der Waals surface area contributed by atoms with Crippen molar-refractivity contribution in [3.05, 3.63) is 53.2 Å². The fraction of sp³-hybridized carbons (Fsp3) is 0.154. The van der Waals surface area contributed by atoms with Crippen LogP contribution in [0.25, 0.3) is 11.2 Å². The summed E-state index contributed by atoms with van der Waals surface area (Å²) in [6, 6.07) is 9.27. The van der Waals surface area contributed by atoms with Crippen LogP contribution < -0.4 is 0 Å². The molecule has 21 heavy (non-hydrogen) atoms. The second-order valence-corrected chi connectivity index (χ2v) is 4.71. The van der Waals surface area contributed by atoms with Gasteiger partial charge in [-0.1, -0.05) is 30.3 Å². The quantitative estimate of drug-likeness (QED) is 0.680. The Hall–Kier alpha value is -2.15. The highest BCUT2D eigenvalue weighted by Crippen LogP contribution is 2.32. The van der Waals surface area contributed by atoms with E-state index < -0.39 is 17.2 Å². The van der Waals surface area contributed by atoms with Gasteiger partial charge in [-0.3, -0.25) is 0 Å². The van der Waals surface area contributed by atoms with Gasteiger partial charge in [-0.2, -0.15) is 18.2 Å². The predicted molar refractivity (Wildman–Crippen MR) is 70.9 cm³/mol. The third kappa shape index (κ3) is 2.69. The molecular formula is C13H8ClF3N4. The van der Waals surface area contributed by atoms with Crippen molar-refractivity contribution < 1.29 is 13.2 Å². The molecule has 4 nitrogen and oxygen atoms in total. The van der Waals surface area contributed by atoms with Gasteiger partial charge in [0.1, 0.15) is 5.52 Å². The third-order valence-electron chi connectivity index (χ3n) is 2.90. The van der Waals surface area contributed by atoms with E-state index in [2.05, 4.69) is 15.0 Å². The van der Waals surface area contributed by atoms with Crippen LogP contribution in [-0.2, 0) is 12.7 Å². The molecule has 0 spiro atoms. The summed E-state index contributed by atoms with van der Waals surface area (Å²) in [6.07, 6.45) is -3.32. The molecule has 0 saturated heterocycles. The zero-order valence-electron chi connectivity index (χ0n) is 10.5. The van der Waals surface area contributed by atoms with Gasteiger partial charge in [0.25, 0.3) is 0 Å². The fourth-order valence-corrected chi connectivity index (χ4v) is 2.18. The predicted octanol–water partition coefficient (Wildman–Crippen LogP) is 3.55. The van der Waals surface area contributed by atoms with Gasteiger partial charge in [0.15, 0.2) is 11.3 Å². The molecule has 2 aromatic heterocycles. The van der Waals surface area contributed by atoms with Crippen LogP contribution in [0.5, 0.6) is 0 Å². The van der Waals surface area contributed by atoms with Crippen molar-refractivity contribution in [2.45, 2.75) is 12.7 Å². The number of hydrogen-bond donors (Lipinski definition) is 0. The number of aromatic nitrogens is 4. The average molecular weight is 313 g/mol. The SMILES string of the molecule is FC(F)(F)c1nc(Cl)nc2c1ncn2Cc1ccccc1. The molecule has 2 heterocycles. The van der Waals surface area contributed by atoms with Gasteiger partial charge < -0.3 is 4.57 Å². The normalized spacial score (nSPS) is 12.0. The lowest BCUT2D eigenvalue weighted by atomic mass is 10.2. The highest BCUT2D eigenvalue weighted by molar-refractivity contribution is 6.28. The van der Waals surface area contributed by atoms with E-state index in [4.69, 9.17) is 11.6 Å². The molecule has 0 N–H and O–H groups in total. The summed E-state index contributed by atoms with van der Waals surface area (Å²) >= 11 is 5.60. The second-order valence-electron chi connectivity index (χ2n) is 4.37. The molecule has 8 heteroatoms. The van der Waals surface area contributed by atoms with E-state index in [1.165, 1.54) is 10.9 Å². The fourth-order valence-electron chi connectivity index (χ4n) is 2.01. The maximum Gasteiger partial charge on any atom is 0.435 e. The first-order valence-corrected chi connectivity index (χ1v) is 6.32. The molecular weight excluding hydrogens is 305 g/mol. The lowest BCUT2D eigenvalue weighted by molar-refractivity contribution is -0.139. The number of benzene rings is 1. The summed E-state index contributed by atoms with van der Waals surface area (Å²) in [5.41, 5.74) is -0.446. The molecule has 0 aliphatic rings. The number of rotatable bonds is 2. The first-order chi connectivity index (χ1) is 9.95. The number of nitrogens with zero attached hydrogens (tertiary/aromatic N) is 4. The van der Waals surface area contributed by atoms with Gasteiger partial charge in [-0.15, -0.1) is 0 Å². The van der Waals surface area contributed by atoms with E-state index in [0.29, 0.717) is 6.54 Å². The number of alkyl halides is 3. The maximum atomic E-state index is 12.9.